The minimum absolute atomic E-state index is 0.0379. The molecule has 0 amide bonds. The molecule has 1 unspecified atom stereocenters. The van der Waals surface area contributed by atoms with Gasteiger partial charge < -0.3 is 24.4 Å². The van der Waals surface area contributed by atoms with Crippen molar-refractivity contribution in [3.8, 4) is 0 Å². The van der Waals surface area contributed by atoms with Crippen molar-refractivity contribution in [2.75, 3.05) is 6.61 Å². The third-order valence-electron chi connectivity index (χ3n) is 15.3. The van der Waals surface area contributed by atoms with E-state index in [1.165, 1.54) is 12.8 Å². The zero-order chi connectivity index (χ0) is 33.1. The van der Waals surface area contributed by atoms with Gasteiger partial charge in [0.25, 0.3) is 0 Å². The van der Waals surface area contributed by atoms with Gasteiger partial charge in [-0.2, -0.15) is 0 Å². The van der Waals surface area contributed by atoms with E-state index >= 15 is 0 Å². The van der Waals surface area contributed by atoms with Crippen molar-refractivity contribution in [1.82, 2.24) is 0 Å². The highest BCUT2D eigenvalue weighted by molar-refractivity contribution is 5.89. The van der Waals surface area contributed by atoms with E-state index in [1.54, 1.807) is 20.8 Å². The lowest BCUT2D eigenvalue weighted by molar-refractivity contribution is -0.249. The van der Waals surface area contributed by atoms with E-state index in [-0.39, 0.29) is 63.1 Å². The van der Waals surface area contributed by atoms with Crippen LogP contribution >= 0.6 is 0 Å². The first-order chi connectivity index (χ1) is 21.5. The number of hydrogen-bond acceptors (Lipinski definition) is 7. The van der Waals surface area contributed by atoms with Gasteiger partial charge in [0, 0.05) is 17.8 Å². The second-order valence-corrected chi connectivity index (χ2v) is 17.9. The maximum absolute atomic E-state index is 13.2. The second kappa shape index (κ2) is 10.5. The van der Waals surface area contributed by atoms with E-state index in [2.05, 4.69) is 27.7 Å². The fourth-order valence-corrected chi connectivity index (χ4v) is 13.4. The number of carbonyl (C=O) groups excluding carboxylic acids is 2. The SMILES string of the molecule is CC(=O)O[C@@H]1C[C@H]2C(C)(C)[C@H](OC(=O)c3ccccc3)CC[C@]2(C)[C@H]2CC[C@]34C[C@]3(CC[C@H]4[C@@H]3COC(C(C)(C)O)[C@H](O)C3)[C@@]21C. The van der Waals surface area contributed by atoms with E-state index in [9.17, 15) is 19.8 Å². The summed E-state index contributed by atoms with van der Waals surface area (Å²) >= 11 is 0. The second-order valence-electron chi connectivity index (χ2n) is 17.9. The molecule has 7 nitrogen and oxygen atoms in total. The van der Waals surface area contributed by atoms with Crippen molar-refractivity contribution < 1.29 is 34.0 Å². The Morgan fingerprint density at radius 1 is 0.913 bits per heavy atom. The van der Waals surface area contributed by atoms with Gasteiger partial charge in [0.05, 0.1) is 23.9 Å². The summed E-state index contributed by atoms with van der Waals surface area (Å²) in [5, 5.41) is 21.7. The van der Waals surface area contributed by atoms with E-state index in [0.717, 1.165) is 38.5 Å². The molecule has 1 heterocycles. The predicted octanol–water partition coefficient (Wildman–Crippen LogP) is 6.73. The Bertz CT molecular complexity index is 1370. The Balaban J connectivity index is 1.18. The molecule has 12 atom stereocenters. The minimum atomic E-state index is -1.08. The molecule has 7 rings (SSSR count). The summed E-state index contributed by atoms with van der Waals surface area (Å²) in [6.07, 6.45) is 7.34. The first-order valence-corrected chi connectivity index (χ1v) is 18.0. The number of aliphatic hydroxyl groups excluding tert-OH is 1. The Morgan fingerprint density at radius 3 is 2.28 bits per heavy atom. The molecular weight excluding hydrogens is 580 g/mol. The van der Waals surface area contributed by atoms with Crippen LogP contribution in [0.2, 0.25) is 0 Å². The van der Waals surface area contributed by atoms with Crippen LogP contribution in [0.3, 0.4) is 0 Å². The van der Waals surface area contributed by atoms with E-state index in [1.807, 2.05) is 30.3 Å². The zero-order valence-electron chi connectivity index (χ0n) is 29.0. The van der Waals surface area contributed by atoms with Gasteiger partial charge in [0.2, 0.25) is 0 Å². The molecular formula is C39H56O7. The smallest absolute Gasteiger partial charge is 0.338 e. The van der Waals surface area contributed by atoms with Gasteiger partial charge in [-0.3, -0.25) is 4.79 Å². The van der Waals surface area contributed by atoms with Crippen LogP contribution in [-0.4, -0.2) is 58.8 Å². The molecule has 0 aromatic heterocycles. The normalized spacial score (nSPS) is 47.4. The van der Waals surface area contributed by atoms with Gasteiger partial charge in [-0.15, -0.1) is 0 Å². The number of aliphatic hydroxyl groups is 2. The van der Waals surface area contributed by atoms with Crippen molar-refractivity contribution >= 4 is 11.9 Å². The molecule has 6 aliphatic rings. The number of hydrogen-bond donors (Lipinski definition) is 2. The summed E-state index contributed by atoms with van der Waals surface area (Å²) in [5.41, 5.74) is -0.587. The van der Waals surface area contributed by atoms with E-state index in [0.29, 0.717) is 30.4 Å². The number of ether oxygens (including phenoxy) is 3. The Hall–Kier alpha value is -1.96. The largest absolute Gasteiger partial charge is 0.462 e. The van der Waals surface area contributed by atoms with Gasteiger partial charge in [-0.05, 0) is 124 Å². The molecule has 2 N–H and O–H groups in total. The highest BCUT2D eigenvalue weighted by Crippen LogP contribution is 2.91. The molecule has 254 valence electrons. The quantitative estimate of drug-likeness (QED) is 0.346. The number of rotatable bonds is 5. The lowest BCUT2D eigenvalue weighted by atomic mass is 9.37. The van der Waals surface area contributed by atoms with Crippen LogP contribution in [0.5, 0.6) is 0 Å². The molecule has 0 bridgehead atoms. The summed E-state index contributed by atoms with van der Waals surface area (Å²) in [5.74, 6) is 0.905. The highest BCUT2D eigenvalue weighted by Gasteiger charge is 2.86. The number of fused-ring (bicyclic) bond motifs is 3. The van der Waals surface area contributed by atoms with Crippen LogP contribution in [-0.2, 0) is 19.0 Å². The number of esters is 2. The summed E-state index contributed by atoms with van der Waals surface area (Å²) in [7, 11) is 0. The van der Waals surface area contributed by atoms with E-state index < -0.39 is 17.8 Å². The fourth-order valence-electron chi connectivity index (χ4n) is 13.4. The summed E-state index contributed by atoms with van der Waals surface area (Å²) in [6, 6.07) is 9.28. The van der Waals surface area contributed by atoms with Gasteiger partial charge >= 0.3 is 11.9 Å². The van der Waals surface area contributed by atoms with Crippen LogP contribution in [0.1, 0.15) is 117 Å². The highest BCUT2D eigenvalue weighted by atomic mass is 16.6. The monoisotopic (exact) mass is 636 g/mol. The molecule has 0 spiro atoms. The molecule has 46 heavy (non-hydrogen) atoms. The average molecular weight is 637 g/mol. The van der Waals surface area contributed by atoms with Crippen LogP contribution in [0.4, 0.5) is 0 Å². The molecule has 1 saturated heterocycles. The van der Waals surface area contributed by atoms with Gasteiger partial charge in [-0.25, -0.2) is 4.79 Å². The maximum atomic E-state index is 13.2. The third kappa shape index (κ3) is 4.39. The molecule has 0 radical (unpaired) electrons. The van der Waals surface area contributed by atoms with Crippen LogP contribution in [0.25, 0.3) is 0 Å². The van der Waals surface area contributed by atoms with Gasteiger partial charge in [0.1, 0.15) is 18.3 Å². The topological polar surface area (TPSA) is 102 Å². The van der Waals surface area contributed by atoms with Crippen molar-refractivity contribution in [2.24, 2.45) is 50.7 Å². The van der Waals surface area contributed by atoms with Crippen LogP contribution in [0.15, 0.2) is 30.3 Å². The van der Waals surface area contributed by atoms with Gasteiger partial charge in [0.15, 0.2) is 0 Å². The van der Waals surface area contributed by atoms with Crippen molar-refractivity contribution in [3.63, 3.8) is 0 Å². The lowest BCUT2D eigenvalue weighted by Crippen LogP contribution is -2.67. The number of benzene rings is 1. The molecule has 1 aliphatic heterocycles. The average Bonchev–Trinajstić information content (AvgIpc) is 3.55. The summed E-state index contributed by atoms with van der Waals surface area (Å²) in [4.78, 5) is 26.0. The zero-order valence-corrected chi connectivity index (χ0v) is 29.0. The first kappa shape index (κ1) is 32.6. The summed E-state index contributed by atoms with van der Waals surface area (Å²) in [6.45, 7) is 15.1. The molecule has 6 fully saturated rings. The Morgan fingerprint density at radius 2 is 1.63 bits per heavy atom. The fraction of sp³-hybridized carbons (Fsp3) is 0.795. The molecule has 1 aromatic rings. The number of carbonyl (C=O) groups is 2. The van der Waals surface area contributed by atoms with Crippen LogP contribution in [0, 0.1) is 50.7 Å². The molecule has 5 saturated carbocycles. The Labute approximate surface area is 275 Å². The molecule has 7 heteroatoms. The maximum Gasteiger partial charge on any atom is 0.338 e. The Kier molecular flexibility index (Phi) is 7.45. The minimum Gasteiger partial charge on any atom is -0.462 e. The van der Waals surface area contributed by atoms with E-state index in [4.69, 9.17) is 14.2 Å². The van der Waals surface area contributed by atoms with Gasteiger partial charge in [-0.1, -0.05) is 45.9 Å². The standard InChI is InChI=1S/C39H56O7/c1-23(40)45-31-20-29-34(2,3)30(46-33(42)24-11-9-8-10-12-24)15-16-36(29,6)28-14-17-38-22-39(38,37(28,31)7)18-13-26(38)25-19-27(41)32(44-21-25)35(4,5)43/h8-12,25-32,41,43H,13-22H2,1-7H3/t25-,26-,27+,28+,29-,30+,31+,32?,36+,37-,38+,39+/m0/s1. The predicted molar refractivity (Wildman–Crippen MR) is 174 cm³/mol. The lowest BCUT2D eigenvalue weighted by Gasteiger charge is -2.68. The summed E-state index contributed by atoms with van der Waals surface area (Å²) < 4.78 is 18.9. The molecule has 5 aliphatic carbocycles. The van der Waals surface area contributed by atoms with Crippen molar-refractivity contribution in [1.29, 1.82) is 0 Å². The van der Waals surface area contributed by atoms with Crippen molar-refractivity contribution in [3.05, 3.63) is 35.9 Å². The van der Waals surface area contributed by atoms with Crippen LogP contribution < -0.4 is 0 Å². The first-order valence-electron chi connectivity index (χ1n) is 18.0. The third-order valence-corrected chi connectivity index (χ3v) is 15.3. The van der Waals surface area contributed by atoms with Crippen molar-refractivity contribution in [2.45, 2.75) is 136 Å². The molecule has 1 aromatic carbocycles.